The summed E-state index contributed by atoms with van der Waals surface area (Å²) in [7, 11) is 0. The summed E-state index contributed by atoms with van der Waals surface area (Å²) in [5.74, 6) is 0. The average molecular weight is 272 g/mol. The van der Waals surface area contributed by atoms with E-state index in [2.05, 4.69) is 15.1 Å². The van der Waals surface area contributed by atoms with Gasteiger partial charge < -0.3 is 0 Å². The van der Waals surface area contributed by atoms with Crippen LogP contribution in [0, 0.1) is 10.1 Å². The number of hydrogen-bond donors (Lipinski definition) is 1. The van der Waals surface area contributed by atoms with Gasteiger partial charge in [-0.2, -0.15) is 5.10 Å². The van der Waals surface area contributed by atoms with Gasteiger partial charge >= 0.3 is 0 Å². The van der Waals surface area contributed by atoms with Crippen LogP contribution >= 0.6 is 0 Å². The van der Waals surface area contributed by atoms with Gasteiger partial charge in [-0.15, -0.1) is 0 Å². The SMILES string of the molecule is O=[N+]([O-])c1cccc(CN(Cc2ccn[nH]2)C2CC2)c1. The molecule has 104 valence electrons. The quantitative estimate of drug-likeness (QED) is 0.647. The first-order valence-electron chi connectivity index (χ1n) is 6.68. The molecule has 6 heteroatoms. The van der Waals surface area contributed by atoms with Crippen LogP contribution in [0.3, 0.4) is 0 Å². The third-order valence-electron chi connectivity index (χ3n) is 3.50. The summed E-state index contributed by atoms with van der Waals surface area (Å²) in [5.41, 5.74) is 2.20. The Hall–Kier alpha value is -2.21. The predicted molar refractivity (Wildman–Crippen MR) is 74.0 cm³/mol. The molecule has 1 saturated carbocycles. The molecular formula is C14H16N4O2. The highest BCUT2D eigenvalue weighted by Crippen LogP contribution is 2.30. The van der Waals surface area contributed by atoms with Crippen LogP contribution in [0.25, 0.3) is 0 Å². The number of aromatic amines is 1. The van der Waals surface area contributed by atoms with Crippen molar-refractivity contribution < 1.29 is 4.92 Å². The molecule has 0 radical (unpaired) electrons. The summed E-state index contributed by atoms with van der Waals surface area (Å²) >= 11 is 0. The first-order chi connectivity index (χ1) is 9.72. The summed E-state index contributed by atoms with van der Waals surface area (Å²) in [6, 6.07) is 9.41. The molecule has 0 spiro atoms. The Bertz CT molecular complexity index is 593. The minimum atomic E-state index is -0.347. The van der Waals surface area contributed by atoms with Crippen molar-refractivity contribution >= 4 is 5.69 Å². The van der Waals surface area contributed by atoms with Crippen molar-refractivity contribution in [3.63, 3.8) is 0 Å². The fourth-order valence-corrected chi connectivity index (χ4v) is 2.35. The van der Waals surface area contributed by atoms with E-state index in [0.29, 0.717) is 6.04 Å². The van der Waals surface area contributed by atoms with Crippen LogP contribution in [-0.4, -0.2) is 26.1 Å². The van der Waals surface area contributed by atoms with Crippen molar-refractivity contribution in [2.24, 2.45) is 0 Å². The smallest absolute Gasteiger partial charge is 0.269 e. The first kappa shape index (κ1) is 12.8. The van der Waals surface area contributed by atoms with E-state index in [0.717, 1.165) is 24.3 Å². The number of nitrogens with one attached hydrogen (secondary N) is 1. The molecular weight excluding hydrogens is 256 g/mol. The van der Waals surface area contributed by atoms with Gasteiger partial charge in [-0.25, -0.2) is 0 Å². The third kappa shape index (κ3) is 3.03. The maximum absolute atomic E-state index is 10.8. The normalized spacial score (nSPS) is 14.7. The highest BCUT2D eigenvalue weighted by Gasteiger charge is 2.29. The second-order valence-corrected chi connectivity index (χ2v) is 5.15. The Morgan fingerprint density at radius 3 is 2.85 bits per heavy atom. The zero-order valence-corrected chi connectivity index (χ0v) is 11.0. The molecule has 0 saturated heterocycles. The number of aromatic nitrogens is 2. The van der Waals surface area contributed by atoms with Crippen molar-refractivity contribution in [1.29, 1.82) is 0 Å². The van der Waals surface area contributed by atoms with E-state index in [-0.39, 0.29) is 10.6 Å². The minimum Gasteiger partial charge on any atom is -0.290 e. The lowest BCUT2D eigenvalue weighted by molar-refractivity contribution is -0.384. The van der Waals surface area contributed by atoms with Crippen molar-refractivity contribution in [3.05, 3.63) is 57.9 Å². The lowest BCUT2D eigenvalue weighted by atomic mass is 10.2. The zero-order valence-electron chi connectivity index (χ0n) is 11.0. The standard InChI is InChI=1S/C14H16N4O2/c19-18(20)14-3-1-2-11(8-14)9-17(13-4-5-13)10-12-6-7-15-16-12/h1-3,6-8,13H,4-5,9-10H2,(H,15,16). The highest BCUT2D eigenvalue weighted by atomic mass is 16.6. The van der Waals surface area contributed by atoms with Gasteiger partial charge in [0.2, 0.25) is 0 Å². The molecule has 0 aliphatic heterocycles. The number of rotatable bonds is 6. The van der Waals surface area contributed by atoms with E-state index < -0.39 is 0 Å². The molecule has 1 aromatic heterocycles. The van der Waals surface area contributed by atoms with Gasteiger partial charge in [-0.3, -0.25) is 20.1 Å². The van der Waals surface area contributed by atoms with Gasteiger partial charge in [-0.05, 0) is 24.5 Å². The molecule has 1 heterocycles. The molecule has 0 atom stereocenters. The van der Waals surface area contributed by atoms with E-state index in [1.54, 1.807) is 18.3 Å². The molecule has 1 aromatic carbocycles. The number of nitrogens with zero attached hydrogens (tertiary/aromatic N) is 3. The lowest BCUT2D eigenvalue weighted by Gasteiger charge is -2.21. The summed E-state index contributed by atoms with van der Waals surface area (Å²) in [6.07, 6.45) is 4.14. The molecule has 3 rings (SSSR count). The van der Waals surface area contributed by atoms with Crippen LogP contribution in [0.5, 0.6) is 0 Å². The van der Waals surface area contributed by atoms with Gasteiger partial charge in [0.1, 0.15) is 0 Å². The Morgan fingerprint density at radius 1 is 1.35 bits per heavy atom. The summed E-state index contributed by atoms with van der Waals surface area (Å²) in [6.45, 7) is 1.53. The second kappa shape index (κ2) is 5.42. The van der Waals surface area contributed by atoms with Crippen LogP contribution in [0.4, 0.5) is 5.69 Å². The van der Waals surface area contributed by atoms with E-state index in [1.807, 2.05) is 12.1 Å². The Kier molecular flexibility index (Phi) is 3.47. The summed E-state index contributed by atoms with van der Waals surface area (Å²) in [4.78, 5) is 12.8. The predicted octanol–water partition coefficient (Wildman–Crippen LogP) is 2.48. The molecule has 1 fully saturated rings. The lowest BCUT2D eigenvalue weighted by Crippen LogP contribution is -2.25. The number of benzene rings is 1. The van der Waals surface area contributed by atoms with Gasteiger partial charge in [0.25, 0.3) is 5.69 Å². The van der Waals surface area contributed by atoms with Crippen LogP contribution < -0.4 is 0 Å². The van der Waals surface area contributed by atoms with Crippen LogP contribution in [0.1, 0.15) is 24.1 Å². The van der Waals surface area contributed by atoms with E-state index in [1.165, 1.54) is 18.9 Å². The average Bonchev–Trinajstić information content (AvgIpc) is 3.17. The monoisotopic (exact) mass is 272 g/mol. The molecule has 6 nitrogen and oxygen atoms in total. The van der Waals surface area contributed by atoms with Crippen LogP contribution in [0.15, 0.2) is 36.5 Å². The summed E-state index contributed by atoms with van der Waals surface area (Å²) < 4.78 is 0. The molecule has 1 N–H and O–H groups in total. The maximum Gasteiger partial charge on any atom is 0.269 e. The molecule has 0 bridgehead atoms. The zero-order chi connectivity index (χ0) is 13.9. The molecule has 2 aromatic rings. The highest BCUT2D eigenvalue weighted by molar-refractivity contribution is 5.34. The molecule has 20 heavy (non-hydrogen) atoms. The van der Waals surface area contributed by atoms with Crippen molar-refractivity contribution in [2.45, 2.75) is 32.0 Å². The van der Waals surface area contributed by atoms with Gasteiger partial charge in [0.15, 0.2) is 0 Å². The molecule has 0 unspecified atom stereocenters. The fraction of sp³-hybridized carbons (Fsp3) is 0.357. The number of nitro benzene ring substituents is 1. The number of hydrogen-bond acceptors (Lipinski definition) is 4. The Morgan fingerprint density at radius 2 is 2.20 bits per heavy atom. The van der Waals surface area contributed by atoms with E-state index >= 15 is 0 Å². The van der Waals surface area contributed by atoms with Gasteiger partial charge in [0.05, 0.1) is 4.92 Å². The minimum absolute atomic E-state index is 0.153. The van der Waals surface area contributed by atoms with Crippen molar-refractivity contribution in [1.82, 2.24) is 15.1 Å². The number of H-pyrrole nitrogens is 1. The first-order valence-corrected chi connectivity index (χ1v) is 6.68. The number of nitro groups is 1. The Labute approximate surface area is 116 Å². The maximum atomic E-state index is 10.8. The number of non-ortho nitro benzene ring substituents is 1. The van der Waals surface area contributed by atoms with Crippen LogP contribution in [0.2, 0.25) is 0 Å². The fourth-order valence-electron chi connectivity index (χ4n) is 2.35. The van der Waals surface area contributed by atoms with Crippen molar-refractivity contribution in [3.8, 4) is 0 Å². The molecule has 1 aliphatic carbocycles. The van der Waals surface area contributed by atoms with Gasteiger partial charge in [-0.1, -0.05) is 12.1 Å². The van der Waals surface area contributed by atoms with E-state index in [9.17, 15) is 10.1 Å². The second-order valence-electron chi connectivity index (χ2n) is 5.15. The van der Waals surface area contributed by atoms with Gasteiger partial charge in [0, 0.05) is 43.2 Å². The molecule has 0 amide bonds. The third-order valence-corrected chi connectivity index (χ3v) is 3.50. The largest absolute Gasteiger partial charge is 0.290 e. The van der Waals surface area contributed by atoms with E-state index in [4.69, 9.17) is 0 Å². The van der Waals surface area contributed by atoms with Crippen molar-refractivity contribution in [2.75, 3.05) is 0 Å². The Balaban J connectivity index is 1.73. The van der Waals surface area contributed by atoms with Crippen LogP contribution in [-0.2, 0) is 13.1 Å². The summed E-state index contributed by atoms with van der Waals surface area (Å²) in [5, 5.41) is 17.7. The topological polar surface area (TPSA) is 75.1 Å². The molecule has 1 aliphatic rings.